The number of carbonyl (C=O) groups is 2. The van der Waals surface area contributed by atoms with Crippen molar-refractivity contribution >= 4 is 11.8 Å². The summed E-state index contributed by atoms with van der Waals surface area (Å²) >= 11 is 0. The minimum atomic E-state index is -0.322. The Morgan fingerprint density at radius 3 is 2.80 bits per heavy atom. The Balaban J connectivity index is 1.47. The molecule has 2 aromatic rings. The van der Waals surface area contributed by atoms with Crippen molar-refractivity contribution in [1.29, 1.82) is 0 Å². The van der Waals surface area contributed by atoms with Crippen LogP contribution >= 0.6 is 0 Å². The third kappa shape index (κ3) is 4.40. The van der Waals surface area contributed by atoms with Gasteiger partial charge in [-0.2, -0.15) is 4.80 Å². The number of primary amides is 1. The number of nitrogens with two attached hydrogens (primary N) is 1. The number of tetrazole rings is 1. The first-order valence-corrected chi connectivity index (χ1v) is 8.54. The Morgan fingerprint density at radius 2 is 2.04 bits per heavy atom. The second kappa shape index (κ2) is 7.87. The molecule has 0 bridgehead atoms. The largest absolute Gasteiger partial charge is 0.369 e. The summed E-state index contributed by atoms with van der Waals surface area (Å²) in [4.78, 5) is 26.8. The summed E-state index contributed by atoms with van der Waals surface area (Å²) in [5, 5.41) is 12.4. The summed E-state index contributed by atoms with van der Waals surface area (Å²) in [5.41, 5.74) is 6.26. The van der Waals surface area contributed by atoms with Crippen LogP contribution in [0.4, 0.5) is 0 Å². The summed E-state index contributed by atoms with van der Waals surface area (Å²) in [5.74, 6) is 0.0856. The van der Waals surface area contributed by atoms with Crippen LogP contribution in [-0.4, -0.2) is 50.0 Å². The first-order valence-electron chi connectivity index (χ1n) is 8.54. The molecule has 8 heteroatoms. The quantitative estimate of drug-likeness (QED) is 0.837. The third-order valence-corrected chi connectivity index (χ3v) is 4.41. The number of benzene rings is 1. The van der Waals surface area contributed by atoms with Crippen LogP contribution in [0.1, 0.15) is 25.7 Å². The van der Waals surface area contributed by atoms with E-state index in [-0.39, 0.29) is 17.7 Å². The second-order valence-electron chi connectivity index (χ2n) is 6.26. The molecule has 3 rings (SSSR count). The maximum Gasteiger partial charge on any atom is 0.222 e. The lowest BCUT2D eigenvalue weighted by Gasteiger charge is -2.31. The predicted octanol–water partition coefficient (Wildman–Crippen LogP) is 0.844. The molecular formula is C17H22N6O2. The average Bonchev–Trinajstić information content (AvgIpc) is 3.11. The standard InChI is InChI=1S/C17H22N6O2/c18-16(25)14-8-4-10-22(12-14)15(24)9-5-11-23-20-17(19-21-23)13-6-2-1-3-7-13/h1-3,6-7,14H,4-5,8-12H2,(H2,18,25)/t14-/m1/s1. The fourth-order valence-corrected chi connectivity index (χ4v) is 3.01. The van der Waals surface area contributed by atoms with Gasteiger partial charge in [0.15, 0.2) is 0 Å². The molecule has 0 saturated carbocycles. The molecule has 0 radical (unpaired) electrons. The number of aryl methyl sites for hydroxylation is 1. The van der Waals surface area contributed by atoms with E-state index >= 15 is 0 Å². The van der Waals surface area contributed by atoms with Gasteiger partial charge in [-0.05, 0) is 24.5 Å². The van der Waals surface area contributed by atoms with Gasteiger partial charge in [0.1, 0.15) is 0 Å². The van der Waals surface area contributed by atoms with E-state index in [9.17, 15) is 9.59 Å². The lowest BCUT2D eigenvalue weighted by Crippen LogP contribution is -2.44. The van der Waals surface area contributed by atoms with E-state index < -0.39 is 0 Å². The Morgan fingerprint density at radius 1 is 1.24 bits per heavy atom. The molecule has 0 aliphatic carbocycles. The first-order chi connectivity index (χ1) is 12.1. The van der Waals surface area contributed by atoms with Gasteiger partial charge < -0.3 is 10.6 Å². The number of aromatic nitrogens is 4. The highest BCUT2D eigenvalue weighted by Gasteiger charge is 2.26. The molecule has 8 nitrogen and oxygen atoms in total. The van der Waals surface area contributed by atoms with Gasteiger partial charge in [-0.3, -0.25) is 9.59 Å². The first kappa shape index (κ1) is 17.1. The van der Waals surface area contributed by atoms with Crippen molar-refractivity contribution in [3.8, 4) is 11.4 Å². The molecule has 1 atom stereocenters. The molecule has 0 unspecified atom stereocenters. The van der Waals surface area contributed by atoms with Gasteiger partial charge in [-0.15, -0.1) is 10.2 Å². The molecule has 1 aromatic carbocycles. The van der Waals surface area contributed by atoms with Crippen LogP contribution in [0.3, 0.4) is 0 Å². The highest BCUT2D eigenvalue weighted by atomic mass is 16.2. The van der Waals surface area contributed by atoms with E-state index in [0.29, 0.717) is 38.3 Å². The molecular weight excluding hydrogens is 320 g/mol. The molecule has 0 spiro atoms. The van der Waals surface area contributed by atoms with Crippen LogP contribution in [0, 0.1) is 5.92 Å². The zero-order chi connectivity index (χ0) is 17.6. The highest BCUT2D eigenvalue weighted by Crippen LogP contribution is 2.17. The van der Waals surface area contributed by atoms with Gasteiger partial charge in [-0.1, -0.05) is 30.3 Å². The number of nitrogens with zero attached hydrogens (tertiary/aromatic N) is 5. The van der Waals surface area contributed by atoms with E-state index in [1.165, 1.54) is 4.80 Å². The van der Waals surface area contributed by atoms with E-state index in [2.05, 4.69) is 15.4 Å². The van der Waals surface area contributed by atoms with Crippen molar-refractivity contribution in [2.24, 2.45) is 11.7 Å². The van der Waals surface area contributed by atoms with Gasteiger partial charge >= 0.3 is 0 Å². The smallest absolute Gasteiger partial charge is 0.222 e. The number of likely N-dealkylation sites (tertiary alicyclic amines) is 1. The summed E-state index contributed by atoms with van der Waals surface area (Å²) in [6.45, 7) is 1.66. The Hall–Kier alpha value is -2.77. The van der Waals surface area contributed by atoms with Gasteiger partial charge in [0.2, 0.25) is 17.6 Å². The van der Waals surface area contributed by atoms with Crippen molar-refractivity contribution in [3.63, 3.8) is 0 Å². The average molecular weight is 342 g/mol. The zero-order valence-electron chi connectivity index (χ0n) is 14.0. The minimum Gasteiger partial charge on any atom is -0.369 e. The summed E-state index contributed by atoms with van der Waals surface area (Å²) in [6, 6.07) is 9.63. The number of carbonyl (C=O) groups excluding carboxylic acids is 2. The minimum absolute atomic E-state index is 0.0503. The van der Waals surface area contributed by atoms with Gasteiger partial charge in [0.05, 0.1) is 12.5 Å². The molecule has 2 N–H and O–H groups in total. The Labute approximate surface area is 146 Å². The van der Waals surface area contributed by atoms with Crippen LogP contribution in [-0.2, 0) is 16.1 Å². The van der Waals surface area contributed by atoms with Gasteiger partial charge in [0.25, 0.3) is 0 Å². The van der Waals surface area contributed by atoms with Crippen LogP contribution in [0.25, 0.3) is 11.4 Å². The molecule has 2 heterocycles. The molecule has 1 aromatic heterocycles. The number of hydrogen-bond acceptors (Lipinski definition) is 5. The Bertz CT molecular complexity index is 730. The molecule has 1 aliphatic rings. The molecule has 25 heavy (non-hydrogen) atoms. The number of rotatable bonds is 6. The summed E-state index contributed by atoms with van der Waals surface area (Å²) in [6.07, 6.45) is 2.61. The van der Waals surface area contributed by atoms with Crippen LogP contribution in [0.5, 0.6) is 0 Å². The monoisotopic (exact) mass is 342 g/mol. The fraction of sp³-hybridized carbons (Fsp3) is 0.471. The maximum atomic E-state index is 12.3. The van der Waals surface area contributed by atoms with E-state index in [4.69, 9.17) is 5.73 Å². The van der Waals surface area contributed by atoms with E-state index in [1.54, 1.807) is 4.90 Å². The van der Waals surface area contributed by atoms with Crippen molar-refractivity contribution in [2.45, 2.75) is 32.2 Å². The molecule has 1 fully saturated rings. The van der Waals surface area contributed by atoms with Crippen molar-refractivity contribution in [3.05, 3.63) is 30.3 Å². The number of hydrogen-bond donors (Lipinski definition) is 1. The third-order valence-electron chi connectivity index (χ3n) is 4.41. The normalized spacial score (nSPS) is 17.4. The SMILES string of the molecule is NC(=O)[C@@H]1CCCN(C(=O)CCCn2nnc(-c3ccccc3)n2)C1. The highest BCUT2D eigenvalue weighted by molar-refractivity contribution is 5.80. The van der Waals surface area contributed by atoms with Crippen molar-refractivity contribution in [2.75, 3.05) is 13.1 Å². The van der Waals surface area contributed by atoms with Crippen molar-refractivity contribution in [1.82, 2.24) is 25.1 Å². The van der Waals surface area contributed by atoms with Gasteiger partial charge in [0, 0.05) is 25.1 Å². The summed E-state index contributed by atoms with van der Waals surface area (Å²) in [7, 11) is 0. The predicted molar refractivity (Wildman–Crippen MR) is 91.0 cm³/mol. The number of piperidine rings is 1. The van der Waals surface area contributed by atoms with Crippen LogP contribution in [0.15, 0.2) is 30.3 Å². The van der Waals surface area contributed by atoms with Gasteiger partial charge in [-0.25, -0.2) is 0 Å². The molecule has 1 aliphatic heterocycles. The zero-order valence-corrected chi connectivity index (χ0v) is 14.0. The van der Waals surface area contributed by atoms with Crippen molar-refractivity contribution < 1.29 is 9.59 Å². The topological polar surface area (TPSA) is 107 Å². The molecule has 132 valence electrons. The second-order valence-corrected chi connectivity index (χ2v) is 6.26. The maximum absolute atomic E-state index is 12.3. The fourth-order valence-electron chi connectivity index (χ4n) is 3.01. The lowest BCUT2D eigenvalue weighted by molar-refractivity contribution is -0.135. The van der Waals surface area contributed by atoms with E-state index in [0.717, 1.165) is 18.4 Å². The molecule has 2 amide bonds. The van der Waals surface area contributed by atoms with Crippen LogP contribution in [0.2, 0.25) is 0 Å². The van der Waals surface area contributed by atoms with E-state index in [1.807, 2.05) is 30.3 Å². The lowest BCUT2D eigenvalue weighted by atomic mass is 9.97. The Kier molecular flexibility index (Phi) is 5.37. The molecule has 1 saturated heterocycles. The summed E-state index contributed by atoms with van der Waals surface area (Å²) < 4.78 is 0. The number of amides is 2. The van der Waals surface area contributed by atoms with Crippen LogP contribution < -0.4 is 5.73 Å².